The van der Waals surface area contributed by atoms with Crippen molar-refractivity contribution in [2.75, 3.05) is 0 Å². The van der Waals surface area contributed by atoms with Crippen LogP contribution in [0, 0.1) is 0 Å². The van der Waals surface area contributed by atoms with E-state index < -0.39 is 18.5 Å². The predicted molar refractivity (Wildman–Crippen MR) is 35.6 cm³/mol. The van der Waals surface area contributed by atoms with Crippen molar-refractivity contribution in [3.05, 3.63) is 17.8 Å². The van der Waals surface area contributed by atoms with Gasteiger partial charge in [-0.05, 0) is 6.07 Å². The normalized spacial score (nSPS) is 10.1. The molecule has 0 spiro atoms. The third-order valence-corrected chi connectivity index (χ3v) is 1.07. The van der Waals surface area contributed by atoms with E-state index in [-0.39, 0.29) is 5.69 Å². The van der Waals surface area contributed by atoms with Crippen LogP contribution in [0.1, 0.15) is 10.5 Å². The van der Waals surface area contributed by atoms with E-state index in [0.717, 1.165) is 12.1 Å². The Morgan fingerprint density at radius 2 is 2.15 bits per heavy atom. The summed E-state index contributed by atoms with van der Waals surface area (Å²) in [6, 6.07) is 2.02. The number of hydrogen-bond donors (Lipinski definition) is 1. The van der Waals surface area contributed by atoms with Gasteiger partial charge in [0, 0.05) is 6.07 Å². The Kier molecular flexibility index (Phi) is 2.68. The number of nitrogens with zero attached hydrogens (tertiary/aromatic N) is 2. The molecule has 0 radical (unpaired) electrons. The topological polar surface area (TPSA) is 72.3 Å². The number of alkyl halides is 2. The van der Waals surface area contributed by atoms with Crippen molar-refractivity contribution in [3.63, 3.8) is 0 Å². The monoisotopic (exact) mass is 190 g/mol. The fraction of sp³-hybridized carbons (Fsp3) is 0.167. The summed E-state index contributed by atoms with van der Waals surface area (Å²) in [6.07, 6.45) is 0. The van der Waals surface area contributed by atoms with Crippen molar-refractivity contribution in [1.82, 2.24) is 10.2 Å². The number of carboxylic acid groups (broad SMARTS) is 1. The Balaban J connectivity index is 2.75. The number of carboxylic acids is 1. The fourth-order valence-electron chi connectivity index (χ4n) is 0.588. The van der Waals surface area contributed by atoms with Crippen LogP contribution in [-0.4, -0.2) is 27.9 Å². The Bertz CT molecular complexity index is 301. The molecule has 1 rings (SSSR count). The van der Waals surface area contributed by atoms with E-state index in [1.807, 2.05) is 0 Å². The van der Waals surface area contributed by atoms with E-state index in [1.54, 1.807) is 0 Å². The molecule has 0 aliphatic carbocycles. The average molecular weight is 190 g/mol. The first kappa shape index (κ1) is 9.30. The van der Waals surface area contributed by atoms with Crippen LogP contribution in [0.4, 0.5) is 8.78 Å². The molecule has 0 aromatic carbocycles. The highest BCUT2D eigenvalue weighted by atomic mass is 19.3. The summed E-state index contributed by atoms with van der Waals surface area (Å²) in [7, 11) is 0. The van der Waals surface area contributed by atoms with E-state index in [0.29, 0.717) is 0 Å². The van der Waals surface area contributed by atoms with Gasteiger partial charge >= 0.3 is 12.6 Å². The number of hydrogen-bond acceptors (Lipinski definition) is 4. The summed E-state index contributed by atoms with van der Waals surface area (Å²) in [5.41, 5.74) is -0.332. The van der Waals surface area contributed by atoms with Gasteiger partial charge in [-0.1, -0.05) is 0 Å². The number of rotatable bonds is 3. The number of aromatic carboxylic acids is 1. The second-order valence-corrected chi connectivity index (χ2v) is 1.94. The number of carbonyl (C=O) groups is 1. The van der Waals surface area contributed by atoms with Crippen LogP contribution < -0.4 is 4.74 Å². The van der Waals surface area contributed by atoms with Crippen LogP contribution >= 0.6 is 0 Å². The molecule has 0 amide bonds. The largest absolute Gasteiger partial charge is 0.476 e. The second-order valence-electron chi connectivity index (χ2n) is 1.94. The summed E-state index contributed by atoms with van der Waals surface area (Å²) in [4.78, 5) is 10.2. The van der Waals surface area contributed by atoms with Crippen LogP contribution in [0.25, 0.3) is 0 Å². The maximum atomic E-state index is 11.6. The lowest BCUT2D eigenvalue weighted by molar-refractivity contribution is -0.0534. The van der Waals surface area contributed by atoms with Crippen molar-refractivity contribution >= 4 is 5.97 Å². The van der Waals surface area contributed by atoms with Gasteiger partial charge in [-0.25, -0.2) is 4.79 Å². The van der Waals surface area contributed by atoms with E-state index in [4.69, 9.17) is 5.11 Å². The molecular formula is C6H4F2N2O3. The van der Waals surface area contributed by atoms with Crippen LogP contribution in [0.3, 0.4) is 0 Å². The Morgan fingerprint density at radius 1 is 1.46 bits per heavy atom. The smallest absolute Gasteiger partial charge is 0.388 e. The maximum Gasteiger partial charge on any atom is 0.388 e. The molecule has 0 atom stereocenters. The van der Waals surface area contributed by atoms with Crippen molar-refractivity contribution in [1.29, 1.82) is 0 Å². The first-order chi connectivity index (χ1) is 6.09. The van der Waals surface area contributed by atoms with Crippen molar-refractivity contribution in [2.45, 2.75) is 6.61 Å². The molecule has 1 aromatic heterocycles. The number of halogens is 2. The molecule has 0 saturated carbocycles. The molecule has 70 valence electrons. The minimum atomic E-state index is -3.00. The summed E-state index contributed by atoms with van der Waals surface area (Å²) < 4.78 is 27.0. The molecule has 0 unspecified atom stereocenters. The average Bonchev–Trinajstić information content (AvgIpc) is 2.04. The van der Waals surface area contributed by atoms with Crippen LogP contribution in [-0.2, 0) is 0 Å². The van der Waals surface area contributed by atoms with Gasteiger partial charge in [-0.15, -0.1) is 10.2 Å². The molecule has 7 heteroatoms. The molecule has 0 fully saturated rings. The molecule has 1 heterocycles. The molecule has 1 aromatic rings. The van der Waals surface area contributed by atoms with Crippen molar-refractivity contribution in [2.24, 2.45) is 0 Å². The zero-order valence-corrected chi connectivity index (χ0v) is 6.15. The molecule has 1 N–H and O–H groups in total. The molecule has 13 heavy (non-hydrogen) atoms. The first-order valence-electron chi connectivity index (χ1n) is 3.11. The number of ether oxygens (including phenoxy) is 1. The van der Waals surface area contributed by atoms with Crippen LogP contribution in [0.15, 0.2) is 12.1 Å². The quantitative estimate of drug-likeness (QED) is 0.762. The lowest BCUT2D eigenvalue weighted by Gasteiger charge is -2.00. The van der Waals surface area contributed by atoms with E-state index in [1.165, 1.54) is 0 Å². The zero-order chi connectivity index (χ0) is 9.84. The lowest BCUT2D eigenvalue weighted by Crippen LogP contribution is -2.07. The SMILES string of the molecule is O=C(O)c1ccc(OC(F)F)nn1. The van der Waals surface area contributed by atoms with Gasteiger partial charge in [0.2, 0.25) is 5.88 Å². The van der Waals surface area contributed by atoms with Gasteiger partial charge in [-0.3, -0.25) is 0 Å². The maximum absolute atomic E-state index is 11.6. The zero-order valence-electron chi connectivity index (χ0n) is 6.15. The highest BCUT2D eigenvalue weighted by molar-refractivity contribution is 5.84. The van der Waals surface area contributed by atoms with E-state index in [9.17, 15) is 13.6 Å². The predicted octanol–water partition coefficient (Wildman–Crippen LogP) is 0.776. The molecular weight excluding hydrogens is 186 g/mol. The summed E-state index contributed by atoms with van der Waals surface area (Å²) in [6.45, 7) is -3.00. The van der Waals surface area contributed by atoms with Crippen LogP contribution in [0.5, 0.6) is 5.88 Å². The van der Waals surface area contributed by atoms with Gasteiger partial charge in [0.05, 0.1) is 0 Å². The molecule has 0 aliphatic rings. The third-order valence-electron chi connectivity index (χ3n) is 1.07. The van der Waals surface area contributed by atoms with Crippen molar-refractivity contribution in [3.8, 4) is 5.88 Å². The van der Waals surface area contributed by atoms with Gasteiger partial charge in [0.1, 0.15) is 0 Å². The lowest BCUT2D eigenvalue weighted by atomic mass is 10.4. The van der Waals surface area contributed by atoms with Crippen molar-refractivity contribution < 1.29 is 23.4 Å². The fourth-order valence-corrected chi connectivity index (χ4v) is 0.588. The van der Waals surface area contributed by atoms with Crippen LogP contribution in [0.2, 0.25) is 0 Å². The van der Waals surface area contributed by atoms with E-state index >= 15 is 0 Å². The summed E-state index contributed by atoms with van der Waals surface area (Å²) in [5.74, 6) is -1.70. The standard InChI is InChI=1S/C6H4F2N2O3/c7-6(8)13-4-2-1-3(5(11)12)9-10-4/h1-2,6H,(H,11,12). The highest BCUT2D eigenvalue weighted by Crippen LogP contribution is 2.08. The first-order valence-corrected chi connectivity index (χ1v) is 3.11. The molecule has 0 saturated heterocycles. The summed E-state index contributed by atoms with van der Waals surface area (Å²) in [5, 5.41) is 14.6. The van der Waals surface area contributed by atoms with E-state index in [2.05, 4.69) is 14.9 Å². The molecule has 5 nitrogen and oxygen atoms in total. The van der Waals surface area contributed by atoms with Gasteiger partial charge < -0.3 is 9.84 Å². The molecule has 0 aliphatic heterocycles. The Labute approximate surface area is 71.0 Å². The van der Waals surface area contributed by atoms with Gasteiger partial charge in [0.25, 0.3) is 0 Å². The second kappa shape index (κ2) is 3.74. The Hall–Kier alpha value is -1.79. The summed E-state index contributed by atoms with van der Waals surface area (Å²) >= 11 is 0. The highest BCUT2D eigenvalue weighted by Gasteiger charge is 2.08. The Morgan fingerprint density at radius 3 is 2.54 bits per heavy atom. The minimum Gasteiger partial charge on any atom is -0.476 e. The minimum absolute atomic E-state index is 0.332. The van der Waals surface area contributed by atoms with Gasteiger partial charge in [0.15, 0.2) is 5.69 Å². The number of aromatic nitrogens is 2. The molecule has 0 bridgehead atoms. The van der Waals surface area contributed by atoms with Gasteiger partial charge in [-0.2, -0.15) is 8.78 Å². The third kappa shape index (κ3) is 2.62.